The number of hydrogen-bond donors (Lipinski definition) is 4. The Kier molecular flexibility index (Phi) is 6.09. The van der Waals surface area contributed by atoms with E-state index in [2.05, 4.69) is 20.3 Å². The molecule has 2 aromatic heterocycles. The Bertz CT molecular complexity index is 1130. The van der Waals surface area contributed by atoms with Crippen LogP contribution in [-0.2, 0) is 16.1 Å². The highest BCUT2D eigenvalue weighted by Gasteiger charge is 2.22. The van der Waals surface area contributed by atoms with Crippen LogP contribution < -0.4 is 16.6 Å². The lowest BCUT2D eigenvalue weighted by Gasteiger charge is -2.13. The minimum absolute atomic E-state index is 0.00619. The number of aromatic nitrogens is 4. The highest BCUT2D eigenvalue weighted by atomic mass is 35.5. The summed E-state index contributed by atoms with van der Waals surface area (Å²) in [5.41, 5.74) is 6.40. The van der Waals surface area contributed by atoms with Crippen LogP contribution in [0.4, 0.5) is 5.95 Å². The van der Waals surface area contributed by atoms with E-state index in [0.717, 1.165) is 17.3 Å². The van der Waals surface area contributed by atoms with E-state index in [0.29, 0.717) is 16.7 Å². The Balaban J connectivity index is 1.99. The summed E-state index contributed by atoms with van der Waals surface area (Å²) < 4.78 is 1.67. The molecular formula is C17H17ClN6O4S. The number of anilines is 1. The van der Waals surface area contributed by atoms with Crippen molar-refractivity contribution in [2.75, 3.05) is 11.5 Å². The minimum atomic E-state index is -1.17. The number of nitrogen functional groups attached to an aromatic ring is 1. The molecule has 2 heterocycles. The van der Waals surface area contributed by atoms with Gasteiger partial charge < -0.3 is 16.2 Å². The van der Waals surface area contributed by atoms with E-state index in [1.807, 2.05) is 12.1 Å². The standard InChI is InChI=1S/C17H17ClN6O4S/c1-8(25)20-11(15(27)28)7-29-17-21-12-13(22-16(19)23-14(12)26)24(17)6-9-2-4-10(18)5-3-9/h2-5,11H,6-7H2,1H3,(H,20,25)(H,27,28)(H3,19,22,23,26)/t11-/m0/s1. The number of H-pyrrole nitrogens is 1. The average Bonchev–Trinajstić information content (AvgIpc) is 2.98. The molecule has 0 saturated heterocycles. The molecule has 1 atom stereocenters. The summed E-state index contributed by atoms with van der Waals surface area (Å²) in [6.07, 6.45) is 0. The van der Waals surface area contributed by atoms with Crippen molar-refractivity contribution in [1.29, 1.82) is 0 Å². The Morgan fingerprint density at radius 2 is 2.03 bits per heavy atom. The van der Waals surface area contributed by atoms with Gasteiger partial charge in [-0.25, -0.2) is 9.78 Å². The summed E-state index contributed by atoms with van der Waals surface area (Å²) in [6, 6.07) is 5.98. The SMILES string of the molecule is CC(=O)N[C@@H](CSc1nc2c(=O)[nH]c(N)nc2n1Cc1ccc(Cl)cc1)C(=O)O. The van der Waals surface area contributed by atoms with E-state index in [1.165, 1.54) is 6.92 Å². The number of amides is 1. The lowest BCUT2D eigenvalue weighted by Crippen LogP contribution is -2.41. The molecule has 0 aliphatic rings. The van der Waals surface area contributed by atoms with Gasteiger partial charge in [0, 0.05) is 17.7 Å². The van der Waals surface area contributed by atoms with Crippen LogP contribution in [0.25, 0.3) is 11.2 Å². The highest BCUT2D eigenvalue weighted by Crippen LogP contribution is 2.24. The molecule has 0 saturated carbocycles. The Morgan fingerprint density at radius 1 is 1.34 bits per heavy atom. The molecular weight excluding hydrogens is 420 g/mol. The van der Waals surface area contributed by atoms with Crippen LogP contribution in [0.2, 0.25) is 5.02 Å². The molecule has 0 bridgehead atoms. The van der Waals surface area contributed by atoms with Crippen LogP contribution in [0.1, 0.15) is 12.5 Å². The second-order valence-electron chi connectivity index (χ2n) is 6.13. The molecule has 12 heteroatoms. The van der Waals surface area contributed by atoms with Crippen LogP contribution >= 0.6 is 23.4 Å². The van der Waals surface area contributed by atoms with E-state index in [1.54, 1.807) is 16.7 Å². The number of nitrogens with two attached hydrogens (primary N) is 1. The van der Waals surface area contributed by atoms with Crippen molar-refractivity contribution in [3.8, 4) is 0 Å². The maximum Gasteiger partial charge on any atom is 0.327 e. The molecule has 3 rings (SSSR count). The fraction of sp³-hybridized carbons (Fsp3) is 0.235. The van der Waals surface area contributed by atoms with Crippen molar-refractivity contribution < 1.29 is 14.7 Å². The summed E-state index contributed by atoms with van der Waals surface area (Å²) in [4.78, 5) is 45.7. The smallest absolute Gasteiger partial charge is 0.327 e. The Morgan fingerprint density at radius 3 is 2.66 bits per heavy atom. The first-order valence-corrected chi connectivity index (χ1v) is 9.74. The van der Waals surface area contributed by atoms with Gasteiger partial charge in [-0.3, -0.25) is 19.1 Å². The number of hydrogen-bond acceptors (Lipinski definition) is 7. The van der Waals surface area contributed by atoms with E-state index in [-0.39, 0.29) is 22.9 Å². The molecule has 3 aromatic rings. The monoisotopic (exact) mass is 436 g/mol. The lowest BCUT2D eigenvalue weighted by atomic mass is 10.2. The number of carboxylic acids is 1. The lowest BCUT2D eigenvalue weighted by molar-refractivity contribution is -0.140. The fourth-order valence-electron chi connectivity index (χ4n) is 2.61. The quantitative estimate of drug-likeness (QED) is 0.401. The zero-order valence-corrected chi connectivity index (χ0v) is 16.8. The molecule has 1 aromatic carbocycles. The van der Waals surface area contributed by atoms with Gasteiger partial charge in [0.05, 0.1) is 6.54 Å². The van der Waals surface area contributed by atoms with Gasteiger partial charge in [0.2, 0.25) is 11.9 Å². The first-order chi connectivity index (χ1) is 13.7. The molecule has 152 valence electrons. The van der Waals surface area contributed by atoms with Crippen LogP contribution in [0.15, 0.2) is 34.2 Å². The number of aliphatic carboxylic acids is 1. The number of rotatable bonds is 7. The molecule has 0 aliphatic heterocycles. The van der Waals surface area contributed by atoms with Crippen LogP contribution in [0.5, 0.6) is 0 Å². The highest BCUT2D eigenvalue weighted by molar-refractivity contribution is 7.99. The van der Waals surface area contributed by atoms with Gasteiger partial charge in [-0.2, -0.15) is 4.98 Å². The largest absolute Gasteiger partial charge is 0.480 e. The van der Waals surface area contributed by atoms with Gasteiger partial charge in [0.15, 0.2) is 16.3 Å². The van der Waals surface area contributed by atoms with Crippen LogP contribution in [-0.4, -0.2) is 48.3 Å². The average molecular weight is 437 g/mol. The Labute approximate surface area is 173 Å². The molecule has 0 spiro atoms. The molecule has 1 amide bonds. The number of carbonyl (C=O) groups excluding carboxylic acids is 1. The van der Waals surface area contributed by atoms with E-state index >= 15 is 0 Å². The number of fused-ring (bicyclic) bond motifs is 1. The van der Waals surface area contributed by atoms with E-state index in [4.69, 9.17) is 17.3 Å². The van der Waals surface area contributed by atoms with Gasteiger partial charge in [-0.1, -0.05) is 35.5 Å². The van der Waals surface area contributed by atoms with Gasteiger partial charge in [0.25, 0.3) is 5.56 Å². The van der Waals surface area contributed by atoms with Gasteiger partial charge in [0.1, 0.15) is 6.04 Å². The summed E-state index contributed by atoms with van der Waals surface area (Å²) in [5, 5.41) is 12.6. The van der Waals surface area contributed by atoms with Crippen molar-refractivity contribution in [2.45, 2.75) is 24.7 Å². The molecule has 0 unspecified atom stereocenters. The number of benzene rings is 1. The van der Waals surface area contributed by atoms with Crippen molar-refractivity contribution in [3.63, 3.8) is 0 Å². The minimum Gasteiger partial charge on any atom is -0.480 e. The van der Waals surface area contributed by atoms with Gasteiger partial charge >= 0.3 is 5.97 Å². The molecule has 0 radical (unpaired) electrons. The zero-order chi connectivity index (χ0) is 21.1. The second kappa shape index (κ2) is 8.53. The first-order valence-electron chi connectivity index (χ1n) is 8.37. The topological polar surface area (TPSA) is 156 Å². The van der Waals surface area contributed by atoms with Gasteiger partial charge in [-0.05, 0) is 17.7 Å². The van der Waals surface area contributed by atoms with Crippen LogP contribution in [0.3, 0.4) is 0 Å². The molecule has 29 heavy (non-hydrogen) atoms. The van der Waals surface area contributed by atoms with Crippen molar-refractivity contribution in [1.82, 2.24) is 24.8 Å². The molecule has 0 fully saturated rings. The fourth-order valence-corrected chi connectivity index (χ4v) is 3.74. The maximum atomic E-state index is 12.2. The number of carbonyl (C=O) groups is 2. The predicted molar refractivity (Wildman–Crippen MR) is 109 cm³/mol. The van der Waals surface area contributed by atoms with Crippen molar-refractivity contribution in [3.05, 3.63) is 45.2 Å². The third kappa shape index (κ3) is 4.87. The number of imidazole rings is 1. The van der Waals surface area contributed by atoms with Gasteiger partial charge in [-0.15, -0.1) is 0 Å². The predicted octanol–water partition coefficient (Wildman–Crippen LogP) is 1.08. The van der Waals surface area contributed by atoms with E-state index in [9.17, 15) is 19.5 Å². The Hall–Kier alpha value is -3.05. The third-order valence-electron chi connectivity index (χ3n) is 3.90. The molecule has 5 N–H and O–H groups in total. The molecule has 10 nitrogen and oxygen atoms in total. The first kappa shape index (κ1) is 20.7. The second-order valence-corrected chi connectivity index (χ2v) is 7.56. The number of halogens is 1. The zero-order valence-electron chi connectivity index (χ0n) is 15.2. The number of nitrogens with one attached hydrogen (secondary N) is 2. The number of nitrogens with zero attached hydrogens (tertiary/aromatic N) is 3. The summed E-state index contributed by atoms with van der Waals surface area (Å²) in [7, 11) is 0. The summed E-state index contributed by atoms with van der Waals surface area (Å²) in [5.74, 6) is -1.68. The van der Waals surface area contributed by atoms with Crippen LogP contribution in [0, 0.1) is 0 Å². The summed E-state index contributed by atoms with van der Waals surface area (Å²) in [6.45, 7) is 1.55. The van der Waals surface area contributed by atoms with E-state index < -0.39 is 23.5 Å². The maximum absolute atomic E-state index is 12.2. The van der Waals surface area contributed by atoms with Crippen molar-refractivity contribution in [2.24, 2.45) is 0 Å². The third-order valence-corrected chi connectivity index (χ3v) is 5.22. The summed E-state index contributed by atoms with van der Waals surface area (Å²) >= 11 is 7.01. The normalized spacial score (nSPS) is 12.1. The number of aromatic amines is 1. The van der Waals surface area contributed by atoms with Crippen molar-refractivity contribution >= 4 is 52.4 Å². The number of carboxylic acid groups (broad SMARTS) is 1. The number of thioether (sulfide) groups is 1. The molecule has 0 aliphatic carbocycles.